The summed E-state index contributed by atoms with van der Waals surface area (Å²) in [7, 11) is 0. The molecule has 6 heteroatoms. The minimum absolute atomic E-state index is 0.140. The third kappa shape index (κ3) is 6.64. The Hall–Kier alpha value is -2.47. The highest BCUT2D eigenvalue weighted by Crippen LogP contribution is 2.23. The summed E-state index contributed by atoms with van der Waals surface area (Å²) in [4.78, 5) is 24.7. The third-order valence-corrected chi connectivity index (χ3v) is 5.48. The molecule has 2 rings (SSSR count). The van der Waals surface area contributed by atoms with E-state index in [-0.39, 0.29) is 23.0 Å². The molecule has 2 aromatic rings. The second kappa shape index (κ2) is 10.6. The van der Waals surface area contributed by atoms with Gasteiger partial charge in [0.2, 0.25) is 0 Å². The SMILES string of the molecule is CCOc1ccc(C(=O)NNC(=O)C(SCc2ccccc2)C(C)C)cc1. The molecule has 0 radical (unpaired) electrons. The fraction of sp³-hybridized carbons (Fsp3) is 0.333. The molecule has 0 bridgehead atoms. The highest BCUT2D eigenvalue weighted by molar-refractivity contribution is 7.99. The van der Waals surface area contributed by atoms with E-state index < -0.39 is 0 Å². The Kier molecular flexibility index (Phi) is 8.20. The molecular formula is C21H26N2O3S. The Morgan fingerprint density at radius 1 is 1.00 bits per heavy atom. The summed E-state index contributed by atoms with van der Waals surface area (Å²) in [5, 5.41) is -0.258. The molecule has 2 N–H and O–H groups in total. The van der Waals surface area contributed by atoms with Crippen molar-refractivity contribution < 1.29 is 14.3 Å². The van der Waals surface area contributed by atoms with Gasteiger partial charge in [-0.2, -0.15) is 0 Å². The minimum Gasteiger partial charge on any atom is -0.494 e. The van der Waals surface area contributed by atoms with E-state index in [0.717, 1.165) is 5.75 Å². The van der Waals surface area contributed by atoms with Gasteiger partial charge in [0, 0.05) is 11.3 Å². The average molecular weight is 387 g/mol. The van der Waals surface area contributed by atoms with Crippen LogP contribution in [-0.2, 0) is 10.5 Å². The second-order valence-electron chi connectivity index (χ2n) is 6.36. The van der Waals surface area contributed by atoms with Gasteiger partial charge in [0.15, 0.2) is 0 Å². The smallest absolute Gasteiger partial charge is 0.269 e. The Morgan fingerprint density at radius 2 is 1.67 bits per heavy atom. The largest absolute Gasteiger partial charge is 0.494 e. The van der Waals surface area contributed by atoms with Crippen LogP contribution in [0.25, 0.3) is 0 Å². The van der Waals surface area contributed by atoms with E-state index in [2.05, 4.69) is 10.9 Å². The van der Waals surface area contributed by atoms with Gasteiger partial charge < -0.3 is 4.74 Å². The van der Waals surface area contributed by atoms with Crippen LogP contribution in [0.3, 0.4) is 0 Å². The van der Waals surface area contributed by atoms with Crippen molar-refractivity contribution in [3.8, 4) is 5.75 Å². The zero-order valence-electron chi connectivity index (χ0n) is 15.9. The molecule has 0 fully saturated rings. The van der Waals surface area contributed by atoms with Crippen molar-refractivity contribution in [2.24, 2.45) is 5.92 Å². The van der Waals surface area contributed by atoms with Crippen LogP contribution in [0.15, 0.2) is 54.6 Å². The molecule has 0 aliphatic rings. The topological polar surface area (TPSA) is 67.4 Å². The molecule has 0 saturated heterocycles. The lowest BCUT2D eigenvalue weighted by molar-refractivity contribution is -0.122. The van der Waals surface area contributed by atoms with E-state index in [1.165, 1.54) is 5.56 Å². The van der Waals surface area contributed by atoms with Gasteiger partial charge in [0.1, 0.15) is 5.75 Å². The van der Waals surface area contributed by atoms with Crippen molar-refractivity contribution in [1.29, 1.82) is 0 Å². The van der Waals surface area contributed by atoms with Crippen LogP contribution in [0.5, 0.6) is 5.75 Å². The Morgan fingerprint density at radius 3 is 2.26 bits per heavy atom. The van der Waals surface area contributed by atoms with Crippen LogP contribution in [0.2, 0.25) is 0 Å². The van der Waals surface area contributed by atoms with E-state index in [1.807, 2.05) is 51.1 Å². The number of thioether (sulfide) groups is 1. The van der Waals surface area contributed by atoms with Crippen molar-refractivity contribution in [3.05, 3.63) is 65.7 Å². The molecule has 0 aliphatic heterocycles. The molecule has 0 saturated carbocycles. The number of rotatable bonds is 8. The van der Waals surface area contributed by atoms with Gasteiger partial charge in [-0.25, -0.2) is 0 Å². The fourth-order valence-corrected chi connectivity index (χ4v) is 3.62. The molecule has 2 amide bonds. The molecule has 27 heavy (non-hydrogen) atoms. The van der Waals surface area contributed by atoms with Crippen molar-refractivity contribution in [3.63, 3.8) is 0 Å². The summed E-state index contributed by atoms with van der Waals surface area (Å²) in [6, 6.07) is 16.8. The molecule has 144 valence electrons. The lowest BCUT2D eigenvalue weighted by Crippen LogP contribution is -2.46. The predicted molar refractivity (Wildman–Crippen MR) is 110 cm³/mol. The van der Waals surface area contributed by atoms with Crippen LogP contribution >= 0.6 is 11.8 Å². The normalized spacial score (nSPS) is 11.7. The monoisotopic (exact) mass is 386 g/mol. The number of nitrogens with one attached hydrogen (secondary N) is 2. The maximum atomic E-state index is 12.5. The van der Waals surface area contributed by atoms with Crippen LogP contribution in [0.4, 0.5) is 0 Å². The quantitative estimate of drug-likeness (QED) is 0.677. The number of carbonyl (C=O) groups excluding carboxylic acids is 2. The summed E-state index contributed by atoms with van der Waals surface area (Å²) in [5.41, 5.74) is 6.66. The summed E-state index contributed by atoms with van der Waals surface area (Å²) in [6.07, 6.45) is 0. The van der Waals surface area contributed by atoms with Gasteiger partial charge in [-0.3, -0.25) is 20.4 Å². The first-order valence-electron chi connectivity index (χ1n) is 8.99. The van der Waals surface area contributed by atoms with Crippen LogP contribution in [0, 0.1) is 5.92 Å². The molecule has 5 nitrogen and oxygen atoms in total. The maximum absolute atomic E-state index is 12.5. The fourth-order valence-electron chi connectivity index (χ4n) is 2.46. The minimum atomic E-state index is -0.359. The number of ether oxygens (including phenoxy) is 1. The Bertz CT molecular complexity index is 733. The van der Waals surface area contributed by atoms with E-state index in [4.69, 9.17) is 4.74 Å². The summed E-state index contributed by atoms with van der Waals surface area (Å²) >= 11 is 1.57. The van der Waals surface area contributed by atoms with Gasteiger partial charge in [-0.1, -0.05) is 44.2 Å². The Balaban J connectivity index is 1.87. The summed E-state index contributed by atoms with van der Waals surface area (Å²) < 4.78 is 5.36. The number of amides is 2. The second-order valence-corrected chi connectivity index (χ2v) is 7.49. The standard InChI is InChI=1S/C21H26N2O3S/c1-4-26-18-12-10-17(11-13-18)20(24)22-23-21(25)19(15(2)3)27-14-16-8-6-5-7-9-16/h5-13,15,19H,4,14H2,1-3H3,(H,22,24)(H,23,25). The average Bonchev–Trinajstić information content (AvgIpc) is 2.67. The van der Waals surface area contributed by atoms with Crippen molar-refractivity contribution in [1.82, 2.24) is 10.9 Å². The molecule has 0 aliphatic carbocycles. The summed E-state index contributed by atoms with van der Waals surface area (Å²) in [5.74, 6) is 1.02. The maximum Gasteiger partial charge on any atom is 0.269 e. The molecule has 0 aromatic heterocycles. The molecule has 1 atom stereocenters. The van der Waals surface area contributed by atoms with E-state index >= 15 is 0 Å². The van der Waals surface area contributed by atoms with Gasteiger partial charge in [0.25, 0.3) is 11.8 Å². The predicted octanol–water partition coefficient (Wildman–Crippen LogP) is 3.80. The van der Waals surface area contributed by atoms with Gasteiger partial charge in [-0.05, 0) is 42.7 Å². The number of benzene rings is 2. The van der Waals surface area contributed by atoms with Crippen molar-refractivity contribution in [2.45, 2.75) is 31.8 Å². The zero-order valence-corrected chi connectivity index (χ0v) is 16.7. The lowest BCUT2D eigenvalue weighted by atomic mass is 10.1. The highest BCUT2D eigenvalue weighted by atomic mass is 32.2. The molecular weight excluding hydrogens is 360 g/mol. The molecule has 2 aromatic carbocycles. The number of hydrogen-bond donors (Lipinski definition) is 2. The first kappa shape index (κ1) is 20.8. The van der Waals surface area contributed by atoms with E-state index in [9.17, 15) is 9.59 Å². The van der Waals surface area contributed by atoms with E-state index in [1.54, 1.807) is 36.0 Å². The van der Waals surface area contributed by atoms with Crippen molar-refractivity contribution >= 4 is 23.6 Å². The van der Waals surface area contributed by atoms with Crippen LogP contribution in [0.1, 0.15) is 36.7 Å². The molecule has 1 unspecified atom stereocenters. The number of hydrogen-bond acceptors (Lipinski definition) is 4. The summed E-state index contributed by atoms with van der Waals surface area (Å²) in [6.45, 7) is 6.46. The third-order valence-electron chi connectivity index (χ3n) is 3.86. The van der Waals surface area contributed by atoms with E-state index in [0.29, 0.717) is 17.9 Å². The van der Waals surface area contributed by atoms with Gasteiger partial charge in [-0.15, -0.1) is 11.8 Å². The van der Waals surface area contributed by atoms with Crippen LogP contribution in [-0.4, -0.2) is 23.7 Å². The zero-order chi connectivity index (χ0) is 19.6. The number of hydrazine groups is 1. The van der Waals surface area contributed by atoms with Crippen molar-refractivity contribution in [2.75, 3.05) is 6.61 Å². The van der Waals surface area contributed by atoms with Crippen LogP contribution < -0.4 is 15.6 Å². The highest BCUT2D eigenvalue weighted by Gasteiger charge is 2.23. The first-order chi connectivity index (χ1) is 13.0. The molecule has 0 spiro atoms. The van der Waals surface area contributed by atoms with Gasteiger partial charge >= 0.3 is 0 Å². The van der Waals surface area contributed by atoms with Gasteiger partial charge in [0.05, 0.1) is 11.9 Å². The molecule has 0 heterocycles. The Labute approximate surface area is 164 Å². The lowest BCUT2D eigenvalue weighted by Gasteiger charge is -2.20. The number of carbonyl (C=O) groups is 2. The first-order valence-corrected chi connectivity index (χ1v) is 10.0.